The Hall–Kier alpha value is -5.64. The molecule has 292 valence electrons. The van der Waals surface area contributed by atoms with E-state index in [0.29, 0.717) is 17.8 Å². The SMILES string of the molecule is CC(C)C[C@@H]1NC(=O)CN(C(=O)CCc2cccnc2)CCN(C)C(=O)[C@H](C)NC(=O)CN(C)C(=O)[C@@H](Cc2c[nH]c3ccccc23)NC(=O)c2csc1n2. The quantitative estimate of drug-likeness (QED) is 0.221. The molecule has 4 aromatic rings. The molecule has 2 bridgehead atoms. The second kappa shape index (κ2) is 18.6. The number of aromatic nitrogens is 3. The van der Waals surface area contributed by atoms with Gasteiger partial charge >= 0.3 is 0 Å². The lowest BCUT2D eigenvalue weighted by molar-refractivity contribution is -0.139. The lowest BCUT2D eigenvalue weighted by Crippen LogP contribution is -2.53. The fraction of sp³-hybridized carbons (Fsp3) is 0.436. The smallest absolute Gasteiger partial charge is 0.271 e. The average molecular weight is 772 g/mol. The predicted octanol–water partition coefficient (Wildman–Crippen LogP) is 2.46. The van der Waals surface area contributed by atoms with Gasteiger partial charge in [-0.2, -0.15) is 0 Å². The van der Waals surface area contributed by atoms with Crippen molar-refractivity contribution in [2.75, 3.05) is 40.3 Å². The van der Waals surface area contributed by atoms with Gasteiger partial charge in [0.15, 0.2) is 0 Å². The van der Waals surface area contributed by atoms with E-state index in [0.717, 1.165) is 22.0 Å². The number of rotatable bonds is 7. The van der Waals surface area contributed by atoms with Gasteiger partial charge in [-0.3, -0.25) is 33.8 Å². The van der Waals surface area contributed by atoms with E-state index in [1.54, 1.807) is 37.1 Å². The molecule has 5 rings (SSSR count). The lowest BCUT2D eigenvalue weighted by Gasteiger charge is -2.28. The number of nitrogens with one attached hydrogen (secondary N) is 4. The molecule has 4 N–H and O–H groups in total. The average Bonchev–Trinajstić information content (AvgIpc) is 3.82. The number of fused-ring (bicyclic) bond motifs is 3. The summed E-state index contributed by atoms with van der Waals surface area (Å²) in [6.45, 7) is 5.07. The number of aryl methyl sites for hydroxylation is 1. The highest BCUT2D eigenvalue weighted by Gasteiger charge is 2.30. The summed E-state index contributed by atoms with van der Waals surface area (Å²) < 4.78 is 0. The summed E-state index contributed by atoms with van der Waals surface area (Å²) in [5.74, 6) is -2.64. The van der Waals surface area contributed by atoms with Gasteiger partial charge in [-0.15, -0.1) is 11.3 Å². The van der Waals surface area contributed by atoms with E-state index in [2.05, 4.69) is 30.9 Å². The van der Waals surface area contributed by atoms with Crippen LogP contribution in [-0.4, -0.2) is 117 Å². The first-order valence-electron chi connectivity index (χ1n) is 18.4. The molecule has 0 unspecified atom stereocenters. The number of amides is 6. The zero-order valence-electron chi connectivity index (χ0n) is 31.8. The molecular formula is C39H49N9O6S. The Morgan fingerprint density at radius 1 is 0.909 bits per heavy atom. The summed E-state index contributed by atoms with van der Waals surface area (Å²) in [7, 11) is 3.02. The van der Waals surface area contributed by atoms with E-state index in [9.17, 15) is 28.8 Å². The van der Waals surface area contributed by atoms with E-state index in [1.165, 1.54) is 40.0 Å². The molecule has 0 radical (unpaired) electrons. The monoisotopic (exact) mass is 771 g/mol. The van der Waals surface area contributed by atoms with Crippen molar-refractivity contribution in [2.24, 2.45) is 5.92 Å². The fourth-order valence-electron chi connectivity index (χ4n) is 6.48. The number of nitrogens with zero attached hydrogens (tertiary/aromatic N) is 5. The number of benzene rings is 1. The number of thiazole rings is 1. The molecule has 6 amide bonds. The Bertz CT molecular complexity index is 2000. The van der Waals surface area contributed by atoms with E-state index >= 15 is 0 Å². The number of pyridine rings is 1. The zero-order valence-corrected chi connectivity index (χ0v) is 32.7. The van der Waals surface area contributed by atoms with Crippen molar-refractivity contribution in [3.05, 3.63) is 82.2 Å². The molecule has 1 aliphatic rings. The van der Waals surface area contributed by atoms with Crippen molar-refractivity contribution in [3.63, 3.8) is 0 Å². The van der Waals surface area contributed by atoms with E-state index < -0.39 is 47.7 Å². The maximum Gasteiger partial charge on any atom is 0.271 e. The lowest BCUT2D eigenvalue weighted by atomic mass is 10.0. The van der Waals surface area contributed by atoms with Gasteiger partial charge < -0.3 is 35.6 Å². The van der Waals surface area contributed by atoms with Crippen LogP contribution in [0.5, 0.6) is 0 Å². The summed E-state index contributed by atoms with van der Waals surface area (Å²) >= 11 is 1.21. The van der Waals surface area contributed by atoms with Crippen molar-refractivity contribution in [1.29, 1.82) is 0 Å². The third-order valence-electron chi connectivity index (χ3n) is 9.42. The van der Waals surface area contributed by atoms with Gasteiger partial charge in [0.25, 0.3) is 5.91 Å². The molecule has 3 aromatic heterocycles. The number of H-pyrrole nitrogens is 1. The van der Waals surface area contributed by atoms with Crippen molar-refractivity contribution >= 4 is 57.7 Å². The normalized spacial score (nSPS) is 19.9. The van der Waals surface area contributed by atoms with Gasteiger partial charge in [0.1, 0.15) is 22.8 Å². The van der Waals surface area contributed by atoms with E-state index in [1.807, 2.05) is 44.2 Å². The molecule has 1 aromatic carbocycles. The first-order valence-corrected chi connectivity index (χ1v) is 19.2. The first-order chi connectivity index (χ1) is 26.3. The van der Waals surface area contributed by atoms with Crippen molar-refractivity contribution in [2.45, 2.75) is 64.6 Å². The second-order valence-corrected chi connectivity index (χ2v) is 15.2. The molecule has 3 atom stereocenters. The van der Waals surface area contributed by atoms with Crippen LogP contribution in [0.25, 0.3) is 10.9 Å². The highest BCUT2D eigenvalue weighted by molar-refractivity contribution is 7.09. The van der Waals surface area contributed by atoms with Crippen molar-refractivity contribution in [3.8, 4) is 0 Å². The highest BCUT2D eigenvalue weighted by atomic mass is 32.1. The van der Waals surface area contributed by atoms with Crippen LogP contribution >= 0.6 is 11.3 Å². The Morgan fingerprint density at radius 3 is 2.42 bits per heavy atom. The van der Waals surface area contributed by atoms with Gasteiger partial charge in [-0.25, -0.2) is 4.98 Å². The van der Waals surface area contributed by atoms with Crippen molar-refractivity contribution in [1.82, 2.24) is 45.6 Å². The van der Waals surface area contributed by atoms with Crippen LogP contribution in [0.1, 0.15) is 66.3 Å². The number of hydrogen-bond acceptors (Lipinski definition) is 9. The summed E-state index contributed by atoms with van der Waals surface area (Å²) in [6.07, 6.45) is 6.30. The van der Waals surface area contributed by atoms with Crippen LogP contribution in [0.4, 0.5) is 0 Å². The predicted molar refractivity (Wildman–Crippen MR) is 208 cm³/mol. The van der Waals surface area contributed by atoms with Gasteiger partial charge in [-0.1, -0.05) is 38.1 Å². The molecule has 16 heteroatoms. The molecular weight excluding hydrogens is 723 g/mol. The largest absolute Gasteiger partial charge is 0.361 e. The van der Waals surface area contributed by atoms with Crippen LogP contribution in [0, 0.1) is 5.92 Å². The molecule has 0 spiro atoms. The van der Waals surface area contributed by atoms with Crippen LogP contribution in [0.3, 0.4) is 0 Å². The fourth-order valence-corrected chi connectivity index (χ4v) is 7.34. The van der Waals surface area contributed by atoms with Gasteiger partial charge in [-0.05, 0) is 48.9 Å². The van der Waals surface area contributed by atoms with E-state index in [-0.39, 0.29) is 56.5 Å². The minimum absolute atomic E-state index is 0.0632. The maximum absolute atomic E-state index is 13.9. The summed E-state index contributed by atoms with van der Waals surface area (Å²) in [5, 5.41) is 11.5. The standard InChI is InChI=1S/C39H49N9O6S/c1-24(2)17-30-37-45-32(23-55-37)36(52)44-31(18-27-20-41-29-11-7-6-10-28(27)29)39(54)47(5)21-33(49)42-25(3)38(53)46(4)15-16-48(22-34(50)43-30)35(51)13-12-26-9-8-14-40-19-26/h6-11,14,19-20,23-25,30-31,41H,12-13,15-18,21-22H2,1-5H3,(H,42,49)(H,43,50)(H,44,52)/t25-,30-,31+/m0/s1. The Labute approximate surface area is 324 Å². The van der Waals surface area contributed by atoms with Crippen molar-refractivity contribution < 1.29 is 28.8 Å². The van der Waals surface area contributed by atoms with Crippen LogP contribution in [0.2, 0.25) is 0 Å². The first kappa shape index (κ1) is 40.5. The zero-order chi connectivity index (χ0) is 39.6. The van der Waals surface area contributed by atoms with Crippen LogP contribution < -0.4 is 16.0 Å². The van der Waals surface area contributed by atoms with Gasteiger partial charge in [0.05, 0.1) is 19.1 Å². The van der Waals surface area contributed by atoms with Gasteiger partial charge in [0, 0.05) is 74.9 Å². The van der Waals surface area contributed by atoms with Crippen LogP contribution in [0.15, 0.2) is 60.4 Å². The van der Waals surface area contributed by atoms with Crippen LogP contribution in [-0.2, 0) is 36.8 Å². The number of carbonyl (C=O) groups excluding carboxylic acids is 6. The summed E-state index contributed by atoms with van der Waals surface area (Å²) in [4.78, 5) is 97.4. The third-order valence-corrected chi connectivity index (χ3v) is 10.4. The number of para-hydroxylation sites is 1. The molecule has 0 saturated carbocycles. The molecule has 15 nitrogen and oxygen atoms in total. The molecule has 0 aliphatic carbocycles. The molecule has 0 saturated heterocycles. The number of likely N-dealkylation sites (N-methyl/N-ethyl adjacent to an activating group) is 2. The Balaban J connectivity index is 1.43. The highest BCUT2D eigenvalue weighted by Crippen LogP contribution is 2.25. The topological polar surface area (TPSA) is 190 Å². The molecule has 55 heavy (non-hydrogen) atoms. The Morgan fingerprint density at radius 2 is 1.67 bits per heavy atom. The number of hydrogen-bond donors (Lipinski definition) is 4. The minimum atomic E-state index is -1.07. The third kappa shape index (κ3) is 11.0. The second-order valence-electron chi connectivity index (χ2n) is 14.3. The minimum Gasteiger partial charge on any atom is -0.361 e. The maximum atomic E-state index is 13.9. The molecule has 1 aliphatic heterocycles. The molecule has 4 heterocycles. The number of carbonyl (C=O) groups is 6. The number of aromatic amines is 1. The Kier molecular flexibility index (Phi) is 13.7. The molecule has 0 fully saturated rings. The van der Waals surface area contributed by atoms with E-state index in [4.69, 9.17) is 0 Å². The van der Waals surface area contributed by atoms with Gasteiger partial charge in [0.2, 0.25) is 29.5 Å². The summed E-state index contributed by atoms with van der Waals surface area (Å²) in [5.41, 5.74) is 2.62. The summed E-state index contributed by atoms with van der Waals surface area (Å²) in [6, 6.07) is 8.69.